The lowest BCUT2D eigenvalue weighted by molar-refractivity contribution is 0.101. The second kappa shape index (κ2) is 8.66. The van der Waals surface area contributed by atoms with Crippen molar-refractivity contribution in [2.75, 3.05) is 20.2 Å². The Morgan fingerprint density at radius 3 is 2.95 bits per heavy atom. The summed E-state index contributed by atoms with van der Waals surface area (Å²) in [6.45, 7) is 2.01. The van der Waals surface area contributed by atoms with Crippen molar-refractivity contribution in [2.24, 2.45) is 5.92 Å². The highest BCUT2D eigenvalue weighted by atomic mass is 35.5. The number of nitrogens with one attached hydrogen (secondary N) is 1. The van der Waals surface area contributed by atoms with Gasteiger partial charge in [-0.2, -0.15) is 0 Å². The molecule has 1 N–H and O–H groups in total. The Morgan fingerprint density at radius 1 is 1.40 bits per heavy atom. The van der Waals surface area contributed by atoms with Crippen LogP contribution in [0.4, 0.5) is 0 Å². The average Bonchev–Trinajstić information content (AvgIpc) is 2.95. The second-order valence-corrected chi connectivity index (χ2v) is 6.19. The van der Waals surface area contributed by atoms with E-state index in [2.05, 4.69) is 17.4 Å². The lowest BCUT2D eigenvalue weighted by atomic mass is 9.93. The Kier molecular flexibility index (Phi) is 6.85. The van der Waals surface area contributed by atoms with Crippen LogP contribution < -0.4 is 5.32 Å². The summed E-state index contributed by atoms with van der Waals surface area (Å²) in [7, 11) is 2.03. The van der Waals surface area contributed by atoms with Gasteiger partial charge in [-0.1, -0.05) is 36.2 Å². The maximum atomic E-state index is 6.27. The lowest BCUT2D eigenvalue weighted by Gasteiger charge is -2.18. The van der Waals surface area contributed by atoms with Crippen molar-refractivity contribution >= 4 is 11.6 Å². The van der Waals surface area contributed by atoms with Gasteiger partial charge < -0.3 is 10.1 Å². The third-order valence-corrected chi connectivity index (χ3v) is 4.49. The van der Waals surface area contributed by atoms with Crippen LogP contribution in [0.2, 0.25) is 5.02 Å². The van der Waals surface area contributed by atoms with Crippen molar-refractivity contribution < 1.29 is 4.74 Å². The largest absolute Gasteiger partial charge is 0.378 e. The highest BCUT2D eigenvalue weighted by Crippen LogP contribution is 2.23. The maximum Gasteiger partial charge on any atom is 0.0576 e. The van der Waals surface area contributed by atoms with E-state index in [-0.39, 0.29) is 0 Å². The molecule has 112 valence electrons. The third-order valence-electron chi connectivity index (χ3n) is 4.12. The molecule has 0 saturated carbocycles. The summed E-state index contributed by atoms with van der Waals surface area (Å²) in [5.74, 6) is 0.654. The monoisotopic (exact) mass is 295 g/mol. The van der Waals surface area contributed by atoms with Gasteiger partial charge in [0.1, 0.15) is 0 Å². The molecule has 1 fully saturated rings. The van der Waals surface area contributed by atoms with Gasteiger partial charge in [-0.05, 0) is 63.2 Å². The summed E-state index contributed by atoms with van der Waals surface area (Å²) in [5, 5.41) is 4.21. The Bertz CT molecular complexity index is 390. The predicted molar refractivity (Wildman–Crippen MR) is 85.4 cm³/mol. The molecule has 0 aromatic heterocycles. The van der Waals surface area contributed by atoms with Crippen LogP contribution in [0.5, 0.6) is 0 Å². The minimum atomic E-state index is 0.519. The standard InChI is InChI=1S/C17H26ClNO/c1-19-13-14(6-4-8-16-9-5-11-20-16)12-15-7-2-3-10-17(15)18/h2-3,7,10,14,16,19H,4-6,8-9,11-13H2,1H3. The predicted octanol–water partition coefficient (Wildman–Crippen LogP) is 4.07. The molecule has 0 spiro atoms. The van der Waals surface area contributed by atoms with Gasteiger partial charge in [-0.15, -0.1) is 0 Å². The third kappa shape index (κ3) is 5.08. The molecule has 2 nitrogen and oxygen atoms in total. The van der Waals surface area contributed by atoms with Crippen molar-refractivity contribution in [3.63, 3.8) is 0 Å². The zero-order valence-corrected chi connectivity index (χ0v) is 13.2. The van der Waals surface area contributed by atoms with Gasteiger partial charge in [-0.3, -0.25) is 0 Å². The number of halogens is 1. The first-order chi connectivity index (χ1) is 9.79. The molecule has 0 aliphatic carbocycles. The molecule has 0 radical (unpaired) electrons. The summed E-state index contributed by atoms with van der Waals surface area (Å²) < 4.78 is 5.70. The number of hydrogen-bond donors (Lipinski definition) is 1. The minimum Gasteiger partial charge on any atom is -0.378 e. The van der Waals surface area contributed by atoms with Gasteiger partial charge in [0.15, 0.2) is 0 Å². The minimum absolute atomic E-state index is 0.519. The van der Waals surface area contributed by atoms with Crippen molar-refractivity contribution in [1.82, 2.24) is 5.32 Å². The zero-order valence-electron chi connectivity index (χ0n) is 12.4. The normalized spacial score (nSPS) is 20.2. The van der Waals surface area contributed by atoms with Crippen LogP contribution >= 0.6 is 11.6 Å². The summed E-state index contributed by atoms with van der Waals surface area (Å²) in [4.78, 5) is 0. The van der Waals surface area contributed by atoms with Gasteiger partial charge in [0.2, 0.25) is 0 Å². The first-order valence-corrected chi connectivity index (χ1v) is 8.17. The number of hydrogen-bond acceptors (Lipinski definition) is 2. The molecule has 1 aliphatic rings. The van der Waals surface area contributed by atoms with Gasteiger partial charge in [0.25, 0.3) is 0 Å². The number of benzene rings is 1. The van der Waals surface area contributed by atoms with E-state index in [0.717, 1.165) is 24.6 Å². The lowest BCUT2D eigenvalue weighted by Crippen LogP contribution is -2.21. The van der Waals surface area contributed by atoms with Crippen LogP contribution in [-0.2, 0) is 11.2 Å². The SMILES string of the molecule is CNCC(CCCC1CCCO1)Cc1ccccc1Cl. The van der Waals surface area contributed by atoms with E-state index in [4.69, 9.17) is 16.3 Å². The van der Waals surface area contributed by atoms with Crippen LogP contribution in [0.3, 0.4) is 0 Å². The highest BCUT2D eigenvalue weighted by Gasteiger charge is 2.16. The number of ether oxygens (including phenoxy) is 1. The number of rotatable bonds is 8. The molecule has 2 unspecified atom stereocenters. The van der Waals surface area contributed by atoms with Crippen LogP contribution in [-0.4, -0.2) is 26.3 Å². The van der Waals surface area contributed by atoms with Gasteiger partial charge in [-0.25, -0.2) is 0 Å². The van der Waals surface area contributed by atoms with E-state index in [1.165, 1.54) is 37.7 Å². The smallest absolute Gasteiger partial charge is 0.0576 e. The fourth-order valence-corrected chi connectivity index (χ4v) is 3.26. The zero-order chi connectivity index (χ0) is 14.2. The Labute approximate surface area is 127 Å². The molecular weight excluding hydrogens is 270 g/mol. The molecule has 20 heavy (non-hydrogen) atoms. The van der Waals surface area contributed by atoms with E-state index in [1.54, 1.807) is 0 Å². The van der Waals surface area contributed by atoms with E-state index in [0.29, 0.717) is 12.0 Å². The molecule has 0 amide bonds. The second-order valence-electron chi connectivity index (χ2n) is 5.79. The summed E-state index contributed by atoms with van der Waals surface area (Å²) >= 11 is 6.27. The molecule has 1 aromatic rings. The fraction of sp³-hybridized carbons (Fsp3) is 0.647. The van der Waals surface area contributed by atoms with Crippen LogP contribution in [0.15, 0.2) is 24.3 Å². The Hall–Kier alpha value is -0.570. The van der Waals surface area contributed by atoms with E-state index < -0.39 is 0 Å². The van der Waals surface area contributed by atoms with Gasteiger partial charge in [0.05, 0.1) is 6.10 Å². The molecule has 1 aromatic carbocycles. The Balaban J connectivity index is 1.78. The first kappa shape index (κ1) is 15.8. The average molecular weight is 296 g/mol. The molecule has 2 atom stereocenters. The van der Waals surface area contributed by atoms with Crippen molar-refractivity contribution in [3.05, 3.63) is 34.9 Å². The van der Waals surface area contributed by atoms with Crippen LogP contribution in [0.1, 0.15) is 37.7 Å². The molecule has 1 saturated heterocycles. The molecule has 3 heteroatoms. The van der Waals surface area contributed by atoms with E-state index in [9.17, 15) is 0 Å². The summed E-state index contributed by atoms with van der Waals surface area (Å²) in [5.41, 5.74) is 1.27. The van der Waals surface area contributed by atoms with Crippen molar-refractivity contribution in [2.45, 2.75) is 44.6 Å². The summed E-state index contributed by atoms with van der Waals surface area (Å²) in [6.07, 6.45) is 7.78. The fourth-order valence-electron chi connectivity index (χ4n) is 3.05. The topological polar surface area (TPSA) is 21.3 Å². The first-order valence-electron chi connectivity index (χ1n) is 7.79. The van der Waals surface area contributed by atoms with Gasteiger partial charge >= 0.3 is 0 Å². The molecule has 0 bridgehead atoms. The molecule has 2 rings (SSSR count). The maximum absolute atomic E-state index is 6.27. The molecule has 1 heterocycles. The van der Waals surface area contributed by atoms with Crippen LogP contribution in [0.25, 0.3) is 0 Å². The van der Waals surface area contributed by atoms with E-state index >= 15 is 0 Å². The molecular formula is C17H26ClNO. The van der Waals surface area contributed by atoms with Gasteiger partial charge in [0, 0.05) is 11.6 Å². The quantitative estimate of drug-likeness (QED) is 0.781. The highest BCUT2D eigenvalue weighted by molar-refractivity contribution is 6.31. The molecule has 1 aliphatic heterocycles. The van der Waals surface area contributed by atoms with E-state index in [1.807, 2.05) is 19.2 Å². The van der Waals surface area contributed by atoms with Crippen LogP contribution in [0, 0.1) is 5.92 Å². The van der Waals surface area contributed by atoms with Crippen molar-refractivity contribution in [1.29, 1.82) is 0 Å². The Morgan fingerprint density at radius 2 is 2.25 bits per heavy atom. The van der Waals surface area contributed by atoms with Crippen molar-refractivity contribution in [3.8, 4) is 0 Å². The summed E-state index contributed by atoms with van der Waals surface area (Å²) in [6, 6.07) is 8.20.